The van der Waals surface area contributed by atoms with E-state index in [9.17, 15) is 0 Å². The SMILES string of the molecule is CCCCC1=CCN=CO1. The molecule has 0 saturated heterocycles. The zero-order valence-corrected chi connectivity index (χ0v) is 6.34. The van der Waals surface area contributed by atoms with Crippen LogP contribution in [0.1, 0.15) is 26.2 Å². The molecule has 0 spiro atoms. The zero-order valence-electron chi connectivity index (χ0n) is 6.34. The van der Waals surface area contributed by atoms with Gasteiger partial charge in [-0.15, -0.1) is 0 Å². The van der Waals surface area contributed by atoms with Crippen LogP contribution in [0.2, 0.25) is 0 Å². The van der Waals surface area contributed by atoms with Gasteiger partial charge in [-0.25, -0.2) is 0 Å². The summed E-state index contributed by atoms with van der Waals surface area (Å²) in [5, 5.41) is 0. The molecule has 2 heteroatoms. The molecule has 0 aromatic carbocycles. The van der Waals surface area contributed by atoms with E-state index in [-0.39, 0.29) is 0 Å². The minimum atomic E-state index is 0.791. The summed E-state index contributed by atoms with van der Waals surface area (Å²) in [5.74, 6) is 1.08. The molecule has 0 atom stereocenters. The maximum Gasteiger partial charge on any atom is 0.176 e. The Kier molecular flexibility index (Phi) is 3.00. The Morgan fingerprint density at radius 2 is 2.60 bits per heavy atom. The third kappa shape index (κ3) is 2.21. The van der Waals surface area contributed by atoms with Gasteiger partial charge in [-0.1, -0.05) is 13.3 Å². The predicted molar refractivity (Wildman–Crippen MR) is 42.1 cm³/mol. The fourth-order valence-electron chi connectivity index (χ4n) is 0.863. The van der Waals surface area contributed by atoms with Gasteiger partial charge in [0.05, 0.1) is 6.54 Å². The molecule has 0 amide bonds. The molecule has 0 unspecified atom stereocenters. The van der Waals surface area contributed by atoms with E-state index in [1.54, 1.807) is 0 Å². The van der Waals surface area contributed by atoms with Crippen LogP contribution < -0.4 is 0 Å². The number of allylic oxidation sites excluding steroid dienone is 1. The highest BCUT2D eigenvalue weighted by Crippen LogP contribution is 2.09. The van der Waals surface area contributed by atoms with Crippen LogP contribution in [0.5, 0.6) is 0 Å². The average molecular weight is 139 g/mol. The van der Waals surface area contributed by atoms with E-state index in [4.69, 9.17) is 4.74 Å². The average Bonchev–Trinajstić information content (AvgIpc) is 2.03. The largest absolute Gasteiger partial charge is 0.451 e. The van der Waals surface area contributed by atoms with Gasteiger partial charge >= 0.3 is 0 Å². The van der Waals surface area contributed by atoms with Gasteiger partial charge in [-0.2, -0.15) is 0 Å². The van der Waals surface area contributed by atoms with Crippen LogP contribution in [-0.2, 0) is 4.74 Å². The first-order valence-electron chi connectivity index (χ1n) is 3.77. The number of hydrogen-bond donors (Lipinski definition) is 0. The molecular formula is C8H13NO. The predicted octanol–water partition coefficient (Wildman–Crippen LogP) is 2.12. The molecular weight excluding hydrogens is 126 g/mol. The van der Waals surface area contributed by atoms with Crippen molar-refractivity contribution < 1.29 is 4.74 Å². The van der Waals surface area contributed by atoms with Crippen molar-refractivity contribution in [2.75, 3.05) is 6.54 Å². The Labute approximate surface area is 61.6 Å². The normalized spacial score (nSPS) is 16.3. The summed E-state index contributed by atoms with van der Waals surface area (Å²) < 4.78 is 5.15. The minimum absolute atomic E-state index is 0.791. The summed E-state index contributed by atoms with van der Waals surface area (Å²) in [6.07, 6.45) is 7.06. The molecule has 0 radical (unpaired) electrons. The van der Waals surface area contributed by atoms with E-state index in [0.29, 0.717) is 0 Å². The molecule has 0 bridgehead atoms. The lowest BCUT2D eigenvalue weighted by Crippen LogP contribution is -1.97. The first-order valence-corrected chi connectivity index (χ1v) is 3.77. The maximum atomic E-state index is 5.15. The van der Waals surface area contributed by atoms with Gasteiger partial charge in [-0.3, -0.25) is 4.99 Å². The number of nitrogens with zero attached hydrogens (tertiary/aromatic N) is 1. The summed E-state index contributed by atoms with van der Waals surface area (Å²) in [7, 11) is 0. The molecule has 0 fully saturated rings. The molecule has 56 valence electrons. The molecule has 1 rings (SSSR count). The number of aliphatic imine (C=N–C) groups is 1. The van der Waals surface area contributed by atoms with E-state index in [0.717, 1.165) is 18.7 Å². The van der Waals surface area contributed by atoms with Crippen LogP contribution in [0.25, 0.3) is 0 Å². The lowest BCUT2D eigenvalue weighted by Gasteiger charge is -2.07. The molecule has 0 aliphatic carbocycles. The van der Waals surface area contributed by atoms with Crippen LogP contribution in [0, 0.1) is 0 Å². The topological polar surface area (TPSA) is 21.6 Å². The number of unbranched alkanes of at least 4 members (excludes halogenated alkanes) is 1. The van der Waals surface area contributed by atoms with E-state index in [2.05, 4.69) is 11.9 Å². The summed E-state index contributed by atoms with van der Waals surface area (Å²) in [6, 6.07) is 0. The van der Waals surface area contributed by atoms with Gasteiger partial charge in [0.25, 0.3) is 0 Å². The summed E-state index contributed by atoms with van der Waals surface area (Å²) in [4.78, 5) is 3.91. The van der Waals surface area contributed by atoms with Crippen molar-refractivity contribution in [3.63, 3.8) is 0 Å². The van der Waals surface area contributed by atoms with E-state index < -0.39 is 0 Å². The standard InChI is InChI=1S/C8H13NO/c1-2-3-4-8-5-6-9-7-10-8/h5,7H,2-4,6H2,1H3. The van der Waals surface area contributed by atoms with Gasteiger partial charge in [-0.05, 0) is 12.5 Å². The zero-order chi connectivity index (χ0) is 7.23. The first-order chi connectivity index (χ1) is 4.93. The molecule has 1 aliphatic heterocycles. The van der Waals surface area contributed by atoms with Crippen molar-refractivity contribution in [2.24, 2.45) is 4.99 Å². The summed E-state index contributed by atoms with van der Waals surface area (Å²) >= 11 is 0. The smallest absolute Gasteiger partial charge is 0.176 e. The molecule has 0 aromatic rings. The summed E-state index contributed by atoms with van der Waals surface area (Å²) in [5.41, 5.74) is 0. The van der Waals surface area contributed by atoms with E-state index in [1.165, 1.54) is 19.2 Å². The molecule has 0 aromatic heterocycles. The second-order valence-electron chi connectivity index (χ2n) is 2.36. The van der Waals surface area contributed by atoms with Gasteiger partial charge in [0.15, 0.2) is 6.40 Å². The van der Waals surface area contributed by atoms with Crippen molar-refractivity contribution in [1.82, 2.24) is 0 Å². The molecule has 1 aliphatic rings. The monoisotopic (exact) mass is 139 g/mol. The van der Waals surface area contributed by atoms with Crippen molar-refractivity contribution in [2.45, 2.75) is 26.2 Å². The third-order valence-electron chi connectivity index (χ3n) is 1.48. The number of ether oxygens (including phenoxy) is 1. The van der Waals surface area contributed by atoms with Crippen LogP contribution in [0.15, 0.2) is 16.8 Å². The van der Waals surface area contributed by atoms with Crippen LogP contribution in [0.4, 0.5) is 0 Å². The molecule has 0 N–H and O–H groups in total. The fraction of sp³-hybridized carbons (Fsp3) is 0.625. The second kappa shape index (κ2) is 4.09. The highest BCUT2D eigenvalue weighted by atomic mass is 16.5. The van der Waals surface area contributed by atoms with Gasteiger partial charge in [0, 0.05) is 6.42 Å². The van der Waals surface area contributed by atoms with Crippen LogP contribution in [0.3, 0.4) is 0 Å². The molecule has 10 heavy (non-hydrogen) atoms. The number of hydrogen-bond acceptors (Lipinski definition) is 2. The minimum Gasteiger partial charge on any atom is -0.451 e. The third-order valence-corrected chi connectivity index (χ3v) is 1.48. The van der Waals surface area contributed by atoms with Crippen molar-refractivity contribution in [1.29, 1.82) is 0 Å². The molecule has 2 nitrogen and oxygen atoms in total. The van der Waals surface area contributed by atoms with Gasteiger partial charge in [0.1, 0.15) is 5.76 Å². The van der Waals surface area contributed by atoms with Crippen LogP contribution >= 0.6 is 0 Å². The Morgan fingerprint density at radius 1 is 1.70 bits per heavy atom. The Morgan fingerprint density at radius 3 is 3.20 bits per heavy atom. The van der Waals surface area contributed by atoms with E-state index >= 15 is 0 Å². The van der Waals surface area contributed by atoms with E-state index in [1.807, 2.05) is 6.08 Å². The van der Waals surface area contributed by atoms with Crippen LogP contribution in [-0.4, -0.2) is 12.9 Å². The Bertz CT molecular complexity index is 149. The van der Waals surface area contributed by atoms with Crippen molar-refractivity contribution in [3.8, 4) is 0 Å². The Hall–Kier alpha value is -0.790. The molecule has 0 saturated carbocycles. The maximum absolute atomic E-state index is 5.15. The molecule has 1 heterocycles. The quantitative estimate of drug-likeness (QED) is 0.587. The highest BCUT2D eigenvalue weighted by molar-refractivity contribution is 5.50. The van der Waals surface area contributed by atoms with Gasteiger partial charge < -0.3 is 4.74 Å². The highest BCUT2D eigenvalue weighted by Gasteiger charge is 1.98. The first kappa shape index (κ1) is 7.32. The Balaban J connectivity index is 2.21. The fourth-order valence-corrected chi connectivity index (χ4v) is 0.863. The second-order valence-corrected chi connectivity index (χ2v) is 2.36. The lowest BCUT2D eigenvalue weighted by molar-refractivity contribution is 0.394. The lowest BCUT2D eigenvalue weighted by atomic mass is 10.2. The van der Waals surface area contributed by atoms with Gasteiger partial charge in [0.2, 0.25) is 0 Å². The van der Waals surface area contributed by atoms with Crippen molar-refractivity contribution >= 4 is 6.40 Å². The summed E-state index contributed by atoms with van der Waals surface area (Å²) in [6.45, 7) is 2.97. The van der Waals surface area contributed by atoms with Crippen molar-refractivity contribution in [3.05, 3.63) is 11.8 Å². The number of rotatable bonds is 3.